The van der Waals surface area contributed by atoms with Crippen molar-refractivity contribution in [1.29, 1.82) is 0 Å². The molecule has 3 unspecified atom stereocenters. The van der Waals surface area contributed by atoms with Crippen LogP contribution in [0.4, 0.5) is 17.6 Å². The summed E-state index contributed by atoms with van der Waals surface area (Å²) in [7, 11) is 0. The van der Waals surface area contributed by atoms with E-state index in [1.807, 2.05) is 18.2 Å². The zero-order chi connectivity index (χ0) is 57.3. The Morgan fingerprint density at radius 1 is 0.434 bits per heavy atom. The molecule has 0 aliphatic carbocycles. The van der Waals surface area contributed by atoms with Gasteiger partial charge in [-0.15, -0.1) is 0 Å². The van der Waals surface area contributed by atoms with E-state index in [1.165, 1.54) is 112 Å². The molecule has 0 bridgehead atoms. The molecule has 0 aromatic heterocycles. The second-order valence-electron chi connectivity index (χ2n) is 25.6. The highest BCUT2D eigenvalue weighted by Crippen LogP contribution is 2.59. The molecule has 5 aromatic rings. The van der Waals surface area contributed by atoms with Crippen LogP contribution in [0.3, 0.4) is 0 Å². The van der Waals surface area contributed by atoms with Gasteiger partial charge in [-0.1, -0.05) is 78.9 Å². The zero-order valence-electron chi connectivity index (χ0n) is 46.9. The quantitative estimate of drug-likeness (QED) is 0.117. The van der Waals surface area contributed by atoms with Crippen molar-refractivity contribution in [2.45, 2.75) is 81.3 Å². The van der Waals surface area contributed by atoms with Gasteiger partial charge in [0, 0.05) is 75.1 Å². The SMILES string of the molecule is O=C(C(N1CCC(c2ccc(F)cc2)(c2ccc(F)cc2)C1=O)N1CCC(C(C(=O)N2CC3(CCNCC3)C2)c2ccc(F)cc2)(C(C(=O)N2CC3(CCNCC3)C2)c2ccc(F)cc2)C1=O)N1CC2(CCN(Cc3ccccc3)CC2)C1. The van der Waals surface area contributed by atoms with Crippen molar-refractivity contribution in [1.82, 2.24) is 40.0 Å². The van der Waals surface area contributed by atoms with Crippen LogP contribution in [0, 0.1) is 44.9 Å². The molecule has 83 heavy (non-hydrogen) atoms. The number of nitrogens with one attached hydrogen (secondary N) is 2. The molecule has 13 rings (SSSR count). The number of likely N-dealkylation sites (tertiary alicyclic amines) is 6. The Hall–Kier alpha value is -6.95. The fourth-order valence-corrected chi connectivity index (χ4v) is 16.1. The molecule has 2 N–H and O–H groups in total. The number of nitrogens with zero attached hydrogens (tertiary/aromatic N) is 6. The Kier molecular flexibility index (Phi) is 14.4. The predicted octanol–water partition coefficient (Wildman–Crippen LogP) is 7.42. The average molecular weight is 1130 g/mol. The predicted molar refractivity (Wildman–Crippen MR) is 303 cm³/mol. The first-order valence-electron chi connectivity index (χ1n) is 29.8. The van der Waals surface area contributed by atoms with Crippen LogP contribution < -0.4 is 10.6 Å². The molecule has 5 aromatic carbocycles. The van der Waals surface area contributed by atoms with Gasteiger partial charge in [0.15, 0.2) is 6.17 Å². The van der Waals surface area contributed by atoms with Crippen LogP contribution in [-0.4, -0.2) is 157 Å². The number of carbonyl (C=O) groups excluding carboxylic acids is 5. The molecule has 8 aliphatic heterocycles. The number of hydrogen-bond acceptors (Lipinski definition) is 8. The summed E-state index contributed by atoms with van der Waals surface area (Å²) in [4.78, 5) is 92.5. The first-order chi connectivity index (χ1) is 40.1. The smallest absolute Gasteiger partial charge is 0.266 e. The number of piperidine rings is 3. The van der Waals surface area contributed by atoms with Crippen LogP contribution in [0.1, 0.15) is 91.0 Å². The minimum absolute atomic E-state index is 0.0513. The normalized spacial score (nSPS) is 24.6. The molecule has 0 saturated carbocycles. The third-order valence-electron chi connectivity index (χ3n) is 20.8. The maximum atomic E-state index is 17.3. The average Bonchev–Trinajstić information content (AvgIpc) is 3.41. The van der Waals surface area contributed by atoms with Gasteiger partial charge in [-0.2, -0.15) is 0 Å². The third-order valence-corrected chi connectivity index (χ3v) is 20.8. The van der Waals surface area contributed by atoms with Crippen LogP contribution in [-0.2, 0) is 35.9 Å². The van der Waals surface area contributed by atoms with E-state index in [0.717, 1.165) is 84.3 Å². The van der Waals surface area contributed by atoms with Crippen molar-refractivity contribution in [3.63, 3.8) is 0 Å². The highest BCUT2D eigenvalue weighted by atomic mass is 19.1. The summed E-state index contributed by atoms with van der Waals surface area (Å²) >= 11 is 0. The highest BCUT2D eigenvalue weighted by Gasteiger charge is 2.68. The van der Waals surface area contributed by atoms with Gasteiger partial charge >= 0.3 is 0 Å². The lowest BCUT2D eigenvalue weighted by Crippen LogP contribution is -2.68. The molecule has 3 spiro atoms. The molecule has 8 saturated heterocycles. The fourth-order valence-electron chi connectivity index (χ4n) is 16.1. The maximum absolute atomic E-state index is 17.3. The minimum atomic E-state index is -2.02. The standard InChI is InChI=1S/C66H72F4N8O5/c67-50-14-6-46(7-15-50)54(57(79)74-39-62(40-74)22-30-71-31-23-62)66(55(47-8-16-51(68)17-9-47)58(80)75-41-63(42-75)24-32-72-33-25-63)29-37-78(61(66)83)56(59(81)76-43-64(44-76)26-34-73(35-27-64)38-45-4-2-1-3-5-45)77-36-28-65(60(77)82,48-10-18-52(69)19-11-48)49-12-20-53(70)21-13-49/h1-21,54-56,71-72H,22-44H2. The Morgan fingerprint density at radius 2 is 0.819 bits per heavy atom. The van der Waals surface area contributed by atoms with Crippen LogP contribution in [0.15, 0.2) is 127 Å². The first-order valence-corrected chi connectivity index (χ1v) is 29.8. The van der Waals surface area contributed by atoms with Gasteiger partial charge in [0.2, 0.25) is 23.6 Å². The number of amides is 5. The van der Waals surface area contributed by atoms with Crippen LogP contribution >= 0.6 is 0 Å². The summed E-state index contributed by atoms with van der Waals surface area (Å²) in [6.07, 6.45) is 3.36. The van der Waals surface area contributed by atoms with Gasteiger partial charge in [0.1, 0.15) is 28.7 Å². The molecule has 17 heteroatoms. The van der Waals surface area contributed by atoms with E-state index in [0.29, 0.717) is 61.5 Å². The number of carbonyl (C=O) groups is 5. The van der Waals surface area contributed by atoms with Crippen molar-refractivity contribution in [3.05, 3.63) is 178 Å². The van der Waals surface area contributed by atoms with E-state index in [9.17, 15) is 8.78 Å². The molecular weight excluding hydrogens is 1060 g/mol. The Bertz CT molecular complexity index is 3090. The first kappa shape index (κ1) is 55.3. The van der Waals surface area contributed by atoms with Gasteiger partial charge in [0.25, 0.3) is 5.91 Å². The zero-order valence-corrected chi connectivity index (χ0v) is 46.9. The van der Waals surface area contributed by atoms with E-state index < -0.39 is 81.6 Å². The number of halogens is 4. The monoisotopic (exact) mass is 1130 g/mol. The van der Waals surface area contributed by atoms with Crippen LogP contribution in [0.5, 0.6) is 0 Å². The van der Waals surface area contributed by atoms with Crippen LogP contribution in [0.2, 0.25) is 0 Å². The molecule has 8 aliphatic rings. The molecule has 3 atom stereocenters. The van der Waals surface area contributed by atoms with Gasteiger partial charge in [-0.05, 0) is 167 Å². The van der Waals surface area contributed by atoms with Crippen LogP contribution in [0.25, 0.3) is 0 Å². The summed E-state index contributed by atoms with van der Waals surface area (Å²) in [6, 6.07) is 32.5. The third kappa shape index (κ3) is 9.71. The summed E-state index contributed by atoms with van der Waals surface area (Å²) in [5.41, 5.74) is -1.41. The van der Waals surface area contributed by atoms with E-state index >= 15 is 32.8 Å². The van der Waals surface area contributed by atoms with Gasteiger partial charge in [0.05, 0.1) is 17.3 Å². The lowest BCUT2D eigenvalue weighted by Gasteiger charge is -2.56. The Morgan fingerprint density at radius 3 is 1.27 bits per heavy atom. The van der Waals surface area contributed by atoms with Crippen molar-refractivity contribution in [2.24, 2.45) is 21.7 Å². The second-order valence-corrected chi connectivity index (χ2v) is 25.6. The summed E-state index contributed by atoms with van der Waals surface area (Å²) in [6.45, 7) is 7.76. The van der Waals surface area contributed by atoms with E-state index in [1.54, 1.807) is 14.7 Å². The summed E-state index contributed by atoms with van der Waals surface area (Å²) in [5.74, 6) is -7.59. The Balaban J connectivity index is 0.931. The number of rotatable bonds is 13. The topological polar surface area (TPSA) is 129 Å². The molecule has 8 heterocycles. The lowest BCUT2D eigenvalue weighted by atomic mass is 9.59. The van der Waals surface area contributed by atoms with E-state index in [-0.39, 0.29) is 42.2 Å². The largest absolute Gasteiger partial charge is 0.341 e. The van der Waals surface area contributed by atoms with Crippen molar-refractivity contribution < 1.29 is 41.5 Å². The summed E-state index contributed by atoms with van der Waals surface area (Å²) in [5, 5.41) is 6.85. The molecule has 434 valence electrons. The molecule has 13 nitrogen and oxygen atoms in total. The maximum Gasteiger partial charge on any atom is 0.266 e. The number of benzene rings is 5. The minimum Gasteiger partial charge on any atom is -0.341 e. The molecule has 0 radical (unpaired) electrons. The van der Waals surface area contributed by atoms with E-state index in [4.69, 9.17) is 0 Å². The van der Waals surface area contributed by atoms with Gasteiger partial charge < -0.3 is 35.1 Å². The molecular formula is C66H72F4N8O5. The highest BCUT2D eigenvalue weighted by molar-refractivity contribution is 6.05. The van der Waals surface area contributed by atoms with Gasteiger partial charge in [-0.25, -0.2) is 17.6 Å². The molecule has 8 fully saturated rings. The Labute approximate surface area is 482 Å². The van der Waals surface area contributed by atoms with Crippen molar-refractivity contribution >= 4 is 29.5 Å². The van der Waals surface area contributed by atoms with Crippen molar-refractivity contribution in [3.8, 4) is 0 Å². The second kappa shape index (κ2) is 21.6. The van der Waals surface area contributed by atoms with Gasteiger partial charge in [-0.3, -0.25) is 28.9 Å². The fraction of sp³-hybridized carbons (Fsp3) is 0.470. The summed E-state index contributed by atoms with van der Waals surface area (Å²) < 4.78 is 60.2. The lowest BCUT2D eigenvalue weighted by molar-refractivity contribution is -0.171. The van der Waals surface area contributed by atoms with Crippen molar-refractivity contribution in [2.75, 3.05) is 91.6 Å². The van der Waals surface area contributed by atoms with E-state index in [2.05, 4.69) is 27.7 Å². The number of hydrogen-bond donors (Lipinski definition) is 2. The molecule has 5 amide bonds.